The Labute approximate surface area is 197 Å². The Bertz CT molecular complexity index is 1320. The largest absolute Gasteiger partial charge is 0.343 e. The lowest BCUT2D eigenvalue weighted by atomic mass is 9.99. The minimum Gasteiger partial charge on any atom is -0.343 e. The van der Waals surface area contributed by atoms with Crippen molar-refractivity contribution in [3.05, 3.63) is 47.7 Å². The summed E-state index contributed by atoms with van der Waals surface area (Å²) in [5.74, 6) is 0.0849. The molecule has 0 unspecified atom stereocenters. The molecule has 0 spiro atoms. The van der Waals surface area contributed by atoms with Gasteiger partial charge < -0.3 is 15.2 Å². The van der Waals surface area contributed by atoms with E-state index in [4.69, 9.17) is 4.98 Å². The lowest BCUT2D eigenvalue weighted by Gasteiger charge is -2.43. The van der Waals surface area contributed by atoms with E-state index in [1.165, 1.54) is 5.56 Å². The van der Waals surface area contributed by atoms with Crippen LogP contribution in [0.3, 0.4) is 0 Å². The van der Waals surface area contributed by atoms with E-state index >= 15 is 0 Å². The minimum absolute atomic E-state index is 0.0119. The zero-order chi connectivity index (χ0) is 23.4. The van der Waals surface area contributed by atoms with E-state index in [2.05, 4.69) is 34.0 Å². The molecule has 1 fully saturated rings. The maximum Gasteiger partial charge on any atom is 0.324 e. The number of piperidine rings is 1. The van der Waals surface area contributed by atoms with Crippen molar-refractivity contribution in [2.45, 2.75) is 38.9 Å². The molecule has 1 saturated heterocycles. The molecule has 0 aliphatic carbocycles. The highest BCUT2D eigenvalue weighted by atomic mass is 16.2. The van der Waals surface area contributed by atoms with E-state index in [1.807, 2.05) is 35.2 Å². The first-order valence-corrected chi connectivity index (χ1v) is 11.7. The molecule has 5 heterocycles. The number of hydrogen-bond donors (Lipinski definition) is 2. The minimum atomic E-state index is -0.0249. The van der Waals surface area contributed by atoms with Crippen molar-refractivity contribution in [2.75, 3.05) is 30.5 Å². The van der Waals surface area contributed by atoms with Gasteiger partial charge in [-0.2, -0.15) is 0 Å². The van der Waals surface area contributed by atoms with Gasteiger partial charge in [0, 0.05) is 57.0 Å². The SMILES string of the molecule is CC(=O)N1CCC(N2C(=O)N(C)Cc3cnc4ccc(-c5ccc6c(c5)CNN6)nc4c32)CC1. The lowest BCUT2D eigenvalue weighted by Crippen LogP contribution is -2.54. The molecule has 0 radical (unpaired) electrons. The lowest BCUT2D eigenvalue weighted by molar-refractivity contribution is -0.129. The summed E-state index contributed by atoms with van der Waals surface area (Å²) in [7, 11) is 1.82. The highest BCUT2D eigenvalue weighted by Crippen LogP contribution is 2.38. The average Bonchev–Trinajstić information content (AvgIpc) is 3.32. The smallest absolute Gasteiger partial charge is 0.324 e. The first-order valence-electron chi connectivity index (χ1n) is 11.7. The Morgan fingerprint density at radius 1 is 1.12 bits per heavy atom. The van der Waals surface area contributed by atoms with Gasteiger partial charge in [0.15, 0.2) is 0 Å². The first-order chi connectivity index (χ1) is 16.5. The van der Waals surface area contributed by atoms with Crippen molar-refractivity contribution in [3.63, 3.8) is 0 Å². The summed E-state index contributed by atoms with van der Waals surface area (Å²) in [6.45, 7) is 4.18. The Balaban J connectivity index is 1.45. The highest BCUT2D eigenvalue weighted by molar-refractivity contribution is 6.04. The summed E-state index contributed by atoms with van der Waals surface area (Å²) >= 11 is 0. The summed E-state index contributed by atoms with van der Waals surface area (Å²) < 4.78 is 0. The van der Waals surface area contributed by atoms with Gasteiger partial charge in [0.2, 0.25) is 5.91 Å². The number of rotatable bonds is 2. The number of carbonyl (C=O) groups is 2. The van der Waals surface area contributed by atoms with E-state index in [9.17, 15) is 9.59 Å². The van der Waals surface area contributed by atoms with Crippen LogP contribution in [0.15, 0.2) is 36.5 Å². The molecule has 9 nitrogen and oxygen atoms in total. The number of nitrogens with one attached hydrogen (secondary N) is 2. The third kappa shape index (κ3) is 3.35. The van der Waals surface area contributed by atoms with Gasteiger partial charge in [-0.25, -0.2) is 15.2 Å². The molecule has 3 amide bonds. The second-order valence-electron chi connectivity index (χ2n) is 9.29. The summed E-state index contributed by atoms with van der Waals surface area (Å²) in [6.07, 6.45) is 3.35. The number of aromatic nitrogens is 2. The zero-order valence-electron chi connectivity index (χ0n) is 19.3. The predicted octanol–water partition coefficient (Wildman–Crippen LogP) is 3.11. The quantitative estimate of drug-likeness (QED) is 0.614. The van der Waals surface area contributed by atoms with Crippen LogP contribution in [0, 0.1) is 0 Å². The number of carbonyl (C=O) groups excluding carboxylic acids is 2. The Morgan fingerprint density at radius 3 is 2.74 bits per heavy atom. The fourth-order valence-electron chi connectivity index (χ4n) is 5.27. The van der Waals surface area contributed by atoms with Crippen LogP contribution in [0.1, 0.15) is 30.9 Å². The number of fused-ring (bicyclic) bond motifs is 4. The highest BCUT2D eigenvalue weighted by Gasteiger charge is 2.37. The van der Waals surface area contributed by atoms with Crippen LogP contribution in [0.4, 0.5) is 16.2 Å². The van der Waals surface area contributed by atoms with Gasteiger partial charge in [-0.1, -0.05) is 6.07 Å². The van der Waals surface area contributed by atoms with Crippen molar-refractivity contribution in [2.24, 2.45) is 0 Å². The third-order valence-corrected chi connectivity index (χ3v) is 7.12. The molecule has 0 saturated carbocycles. The molecule has 3 aliphatic heterocycles. The Morgan fingerprint density at radius 2 is 1.94 bits per heavy atom. The molecule has 2 aromatic heterocycles. The van der Waals surface area contributed by atoms with E-state index in [0.717, 1.165) is 58.6 Å². The van der Waals surface area contributed by atoms with Gasteiger partial charge >= 0.3 is 6.03 Å². The number of amides is 3. The summed E-state index contributed by atoms with van der Waals surface area (Å²) in [5, 5.41) is 0. The molecule has 3 aliphatic rings. The fourth-order valence-corrected chi connectivity index (χ4v) is 5.27. The van der Waals surface area contributed by atoms with Crippen LogP contribution < -0.4 is 15.8 Å². The second-order valence-corrected chi connectivity index (χ2v) is 9.29. The van der Waals surface area contributed by atoms with Gasteiger partial charge in [0.05, 0.1) is 29.1 Å². The number of hydrazine groups is 1. The molecule has 34 heavy (non-hydrogen) atoms. The standard InChI is InChI=1S/C25H27N7O2/c1-15(33)31-9-7-19(8-10-31)32-24-18(14-30(2)25(32)34)12-26-22-6-5-20(28-23(22)24)16-3-4-21-17(11-16)13-27-29-21/h3-6,11-12,19,27,29H,7-10,13-14H2,1-2H3. The molecule has 9 heteroatoms. The van der Waals surface area contributed by atoms with E-state index < -0.39 is 0 Å². The van der Waals surface area contributed by atoms with E-state index in [0.29, 0.717) is 19.6 Å². The molecule has 3 aromatic rings. The number of nitrogens with zero attached hydrogens (tertiary/aromatic N) is 5. The molecular formula is C25H27N7O2. The molecule has 2 N–H and O–H groups in total. The van der Waals surface area contributed by atoms with Crippen molar-refractivity contribution in [3.8, 4) is 11.3 Å². The van der Waals surface area contributed by atoms with Crippen LogP contribution in [0.25, 0.3) is 22.3 Å². The monoisotopic (exact) mass is 457 g/mol. The van der Waals surface area contributed by atoms with Crippen LogP contribution in [-0.4, -0.2) is 57.9 Å². The van der Waals surface area contributed by atoms with Crippen LogP contribution in [0.5, 0.6) is 0 Å². The average molecular weight is 458 g/mol. The predicted molar refractivity (Wildman–Crippen MR) is 130 cm³/mol. The number of pyridine rings is 2. The molecular weight excluding hydrogens is 430 g/mol. The van der Waals surface area contributed by atoms with Crippen molar-refractivity contribution in [1.82, 2.24) is 25.2 Å². The third-order valence-electron chi connectivity index (χ3n) is 7.12. The van der Waals surface area contributed by atoms with E-state index in [1.54, 1.807) is 11.8 Å². The number of likely N-dealkylation sites (tertiary alicyclic amines) is 1. The normalized spacial score (nSPS) is 18.2. The summed E-state index contributed by atoms with van der Waals surface area (Å²) in [4.78, 5) is 40.5. The number of anilines is 2. The fraction of sp³-hybridized carbons (Fsp3) is 0.360. The van der Waals surface area contributed by atoms with Gasteiger partial charge in [-0.15, -0.1) is 0 Å². The maximum atomic E-state index is 13.4. The summed E-state index contributed by atoms with van der Waals surface area (Å²) in [5.41, 5.74) is 13.9. The number of urea groups is 1. The Kier molecular flexibility index (Phi) is 4.88. The molecule has 6 rings (SSSR count). The zero-order valence-corrected chi connectivity index (χ0v) is 19.3. The second kappa shape index (κ2) is 7.95. The Hall–Kier alpha value is -3.72. The molecule has 174 valence electrons. The molecule has 0 atom stereocenters. The van der Waals surface area contributed by atoms with Crippen molar-refractivity contribution >= 4 is 34.3 Å². The maximum absolute atomic E-state index is 13.4. The number of hydrogen-bond acceptors (Lipinski definition) is 6. The molecule has 0 bridgehead atoms. The van der Waals surface area contributed by atoms with Crippen molar-refractivity contribution in [1.29, 1.82) is 0 Å². The van der Waals surface area contributed by atoms with Crippen LogP contribution >= 0.6 is 0 Å². The first kappa shape index (κ1) is 20.9. The summed E-state index contributed by atoms with van der Waals surface area (Å²) in [6, 6.07) is 10.2. The van der Waals surface area contributed by atoms with Crippen LogP contribution in [-0.2, 0) is 17.9 Å². The van der Waals surface area contributed by atoms with Gasteiger partial charge in [-0.3, -0.25) is 14.7 Å². The van der Waals surface area contributed by atoms with Gasteiger partial charge in [-0.05, 0) is 42.7 Å². The number of benzene rings is 1. The topological polar surface area (TPSA) is 93.7 Å². The van der Waals surface area contributed by atoms with E-state index in [-0.39, 0.29) is 18.0 Å². The van der Waals surface area contributed by atoms with Crippen LogP contribution in [0.2, 0.25) is 0 Å². The van der Waals surface area contributed by atoms with Crippen molar-refractivity contribution < 1.29 is 9.59 Å². The molecule has 1 aromatic carbocycles. The van der Waals surface area contributed by atoms with Gasteiger partial charge in [0.25, 0.3) is 0 Å². The van der Waals surface area contributed by atoms with Gasteiger partial charge in [0.1, 0.15) is 5.52 Å².